The van der Waals surface area contributed by atoms with Gasteiger partial charge in [-0.25, -0.2) is 0 Å². The van der Waals surface area contributed by atoms with Crippen LogP contribution in [0, 0.1) is 0 Å². The van der Waals surface area contributed by atoms with E-state index in [1.807, 2.05) is 6.92 Å². The lowest BCUT2D eigenvalue weighted by molar-refractivity contribution is -0.00758. The Balaban J connectivity index is 2.31. The Morgan fingerprint density at radius 2 is 2.00 bits per heavy atom. The summed E-state index contributed by atoms with van der Waals surface area (Å²) in [5.74, 6) is 0. The van der Waals surface area contributed by atoms with Crippen molar-refractivity contribution in [3.8, 4) is 0 Å². The van der Waals surface area contributed by atoms with Crippen LogP contribution >= 0.6 is 0 Å². The summed E-state index contributed by atoms with van der Waals surface area (Å²) in [5, 5.41) is 0.0436. The monoisotopic (exact) mass is 218 g/mol. The van der Waals surface area contributed by atoms with Crippen molar-refractivity contribution in [3.05, 3.63) is 0 Å². The van der Waals surface area contributed by atoms with Crippen molar-refractivity contribution in [2.24, 2.45) is 0 Å². The van der Waals surface area contributed by atoms with E-state index < -0.39 is 9.76 Å². The summed E-state index contributed by atoms with van der Waals surface area (Å²) in [4.78, 5) is 0. The van der Waals surface area contributed by atoms with E-state index in [2.05, 4.69) is 13.8 Å². The first-order valence-corrected chi connectivity index (χ1v) is 6.88. The summed E-state index contributed by atoms with van der Waals surface area (Å²) >= 11 is 0. The largest absolute Gasteiger partial charge is 0.421 e. The molecule has 1 aliphatic rings. The average molecular weight is 218 g/mol. The molecule has 1 unspecified atom stereocenters. The fourth-order valence-corrected chi connectivity index (χ4v) is 2.61. The van der Waals surface area contributed by atoms with Crippen molar-refractivity contribution >= 4 is 9.76 Å². The molecule has 84 valence electrons. The third kappa shape index (κ3) is 3.69. The molecule has 4 heteroatoms. The molecular formula is C10H22O3Si. The van der Waals surface area contributed by atoms with Gasteiger partial charge in [-0.15, -0.1) is 0 Å². The lowest BCUT2D eigenvalue weighted by Crippen LogP contribution is -2.40. The smallest absolute Gasteiger partial charge is 0.194 e. The van der Waals surface area contributed by atoms with Gasteiger partial charge in [0.15, 0.2) is 9.76 Å². The van der Waals surface area contributed by atoms with E-state index in [4.69, 9.17) is 13.9 Å². The summed E-state index contributed by atoms with van der Waals surface area (Å²) in [7, 11) is -0.575. The lowest BCUT2D eigenvalue weighted by Gasteiger charge is -2.30. The van der Waals surface area contributed by atoms with Gasteiger partial charge in [-0.05, 0) is 19.8 Å². The summed E-state index contributed by atoms with van der Waals surface area (Å²) in [6.45, 7) is 8.86. The molecule has 0 aromatic carbocycles. The second kappa shape index (κ2) is 5.85. The van der Waals surface area contributed by atoms with Gasteiger partial charge >= 0.3 is 0 Å². The molecule has 0 radical (unpaired) electrons. The van der Waals surface area contributed by atoms with Crippen LogP contribution in [-0.2, 0) is 13.9 Å². The van der Waals surface area contributed by atoms with E-state index in [-0.39, 0.29) is 5.22 Å². The Morgan fingerprint density at radius 3 is 2.43 bits per heavy atom. The number of rotatable bonds is 8. The van der Waals surface area contributed by atoms with E-state index >= 15 is 0 Å². The molecule has 1 fully saturated rings. The molecule has 1 atom stereocenters. The second-order valence-corrected chi connectivity index (χ2v) is 5.78. The zero-order valence-electron chi connectivity index (χ0n) is 9.54. The minimum absolute atomic E-state index is 0.0436. The molecule has 0 spiro atoms. The third-order valence-electron chi connectivity index (χ3n) is 2.84. The maximum atomic E-state index is 5.97. The van der Waals surface area contributed by atoms with Crippen LogP contribution in [-0.4, -0.2) is 40.9 Å². The van der Waals surface area contributed by atoms with Crippen LogP contribution in [0.2, 0.25) is 0 Å². The Labute approximate surface area is 89.1 Å². The van der Waals surface area contributed by atoms with Gasteiger partial charge < -0.3 is 13.9 Å². The van der Waals surface area contributed by atoms with Gasteiger partial charge in [-0.1, -0.05) is 13.8 Å². The van der Waals surface area contributed by atoms with Gasteiger partial charge in [0, 0.05) is 6.61 Å². The minimum atomic E-state index is -0.575. The standard InChI is InChI=1S/C10H22O3Si/c1-4-10(5-2,14-13-6-3)12-8-9-7-11-9/h9H,4-8,14H2,1-3H3. The summed E-state index contributed by atoms with van der Waals surface area (Å²) in [6, 6.07) is 0. The predicted octanol–water partition coefficient (Wildman–Crippen LogP) is 1.04. The summed E-state index contributed by atoms with van der Waals surface area (Å²) in [6.07, 6.45) is 2.48. The first-order valence-electron chi connectivity index (χ1n) is 5.59. The van der Waals surface area contributed by atoms with E-state index in [1.165, 1.54) is 0 Å². The Bertz CT molecular complexity index is 155. The lowest BCUT2D eigenvalue weighted by atomic mass is 10.2. The van der Waals surface area contributed by atoms with Crippen LogP contribution in [0.25, 0.3) is 0 Å². The van der Waals surface area contributed by atoms with Gasteiger partial charge in [-0.3, -0.25) is 0 Å². The van der Waals surface area contributed by atoms with Gasteiger partial charge in [0.05, 0.1) is 18.4 Å². The van der Waals surface area contributed by atoms with Crippen molar-refractivity contribution in [3.63, 3.8) is 0 Å². The maximum Gasteiger partial charge on any atom is 0.194 e. The fourth-order valence-electron chi connectivity index (χ4n) is 1.42. The van der Waals surface area contributed by atoms with Crippen LogP contribution in [0.3, 0.4) is 0 Å². The SMILES string of the molecule is CCO[SiH2]C(CC)(CC)OCC1CO1. The zero-order valence-corrected chi connectivity index (χ0v) is 11.0. The van der Waals surface area contributed by atoms with Crippen molar-refractivity contribution in [1.29, 1.82) is 0 Å². The van der Waals surface area contributed by atoms with Gasteiger partial charge in [0.1, 0.15) is 6.10 Å². The molecule has 0 aromatic heterocycles. The van der Waals surface area contributed by atoms with Crippen molar-refractivity contribution in [2.75, 3.05) is 19.8 Å². The molecule has 0 aromatic rings. The Morgan fingerprint density at radius 1 is 1.36 bits per heavy atom. The second-order valence-electron chi connectivity index (χ2n) is 3.79. The molecule has 1 heterocycles. The van der Waals surface area contributed by atoms with Gasteiger partial charge in [-0.2, -0.15) is 0 Å². The first-order chi connectivity index (χ1) is 6.76. The molecule has 0 aliphatic carbocycles. The highest BCUT2D eigenvalue weighted by atomic mass is 28.2. The van der Waals surface area contributed by atoms with Crippen LogP contribution in [0.15, 0.2) is 0 Å². The zero-order chi connectivity index (χ0) is 10.4. The molecule has 14 heavy (non-hydrogen) atoms. The van der Waals surface area contributed by atoms with Crippen LogP contribution < -0.4 is 0 Å². The molecule has 0 amide bonds. The summed E-state index contributed by atoms with van der Waals surface area (Å²) in [5.41, 5.74) is 0. The average Bonchev–Trinajstić information content (AvgIpc) is 3.03. The predicted molar refractivity (Wildman–Crippen MR) is 59.2 cm³/mol. The highest BCUT2D eigenvalue weighted by Gasteiger charge is 2.32. The van der Waals surface area contributed by atoms with Crippen molar-refractivity contribution < 1.29 is 13.9 Å². The maximum absolute atomic E-state index is 5.97. The van der Waals surface area contributed by atoms with E-state index in [0.717, 1.165) is 32.7 Å². The van der Waals surface area contributed by atoms with E-state index in [1.54, 1.807) is 0 Å². The molecule has 3 nitrogen and oxygen atoms in total. The normalized spacial score (nSPS) is 22.1. The fraction of sp³-hybridized carbons (Fsp3) is 1.00. The van der Waals surface area contributed by atoms with Crippen LogP contribution in [0.4, 0.5) is 0 Å². The molecule has 0 bridgehead atoms. The highest BCUT2D eigenvalue weighted by molar-refractivity contribution is 6.31. The number of ether oxygens (including phenoxy) is 2. The molecule has 1 saturated heterocycles. The van der Waals surface area contributed by atoms with Crippen LogP contribution in [0.1, 0.15) is 33.6 Å². The number of hydrogen-bond acceptors (Lipinski definition) is 3. The molecule has 0 saturated carbocycles. The van der Waals surface area contributed by atoms with Crippen LogP contribution in [0.5, 0.6) is 0 Å². The topological polar surface area (TPSA) is 31.0 Å². The molecule has 1 aliphatic heterocycles. The van der Waals surface area contributed by atoms with E-state index in [0.29, 0.717) is 6.10 Å². The van der Waals surface area contributed by atoms with Crippen molar-refractivity contribution in [2.45, 2.75) is 44.9 Å². The number of hydrogen-bond donors (Lipinski definition) is 0. The molecular weight excluding hydrogens is 196 g/mol. The van der Waals surface area contributed by atoms with Crippen molar-refractivity contribution in [1.82, 2.24) is 0 Å². The highest BCUT2D eigenvalue weighted by Crippen LogP contribution is 2.22. The Hall–Kier alpha value is 0.0969. The quantitative estimate of drug-likeness (QED) is 0.450. The number of epoxide rings is 1. The first kappa shape index (κ1) is 12.2. The molecule has 1 rings (SSSR count). The minimum Gasteiger partial charge on any atom is -0.421 e. The third-order valence-corrected chi connectivity index (χ3v) is 5.18. The van der Waals surface area contributed by atoms with Gasteiger partial charge in [0.25, 0.3) is 0 Å². The van der Waals surface area contributed by atoms with E-state index in [9.17, 15) is 0 Å². The molecule has 0 N–H and O–H groups in total. The Kier molecular flexibility index (Phi) is 5.09. The van der Waals surface area contributed by atoms with Gasteiger partial charge in [0.2, 0.25) is 0 Å². The summed E-state index contributed by atoms with van der Waals surface area (Å²) < 4.78 is 16.7.